The average molecular weight is 371 g/mol. The fourth-order valence-electron chi connectivity index (χ4n) is 2.28. The van der Waals surface area contributed by atoms with Crippen LogP contribution in [0.15, 0.2) is 54.9 Å². The second-order valence-electron chi connectivity index (χ2n) is 5.69. The Balaban J connectivity index is 1.61. The number of amides is 1. The highest BCUT2D eigenvalue weighted by atomic mass is 35.5. The largest absolute Gasteiger partial charge is 0.348 e. The first-order valence-electron chi connectivity index (χ1n) is 7.89. The Morgan fingerprint density at radius 2 is 1.81 bits per heavy atom. The van der Waals surface area contributed by atoms with Gasteiger partial charge in [-0.1, -0.05) is 23.7 Å². The molecule has 0 saturated heterocycles. The summed E-state index contributed by atoms with van der Waals surface area (Å²) in [6.07, 6.45) is 2.89. The second-order valence-corrected chi connectivity index (χ2v) is 6.13. The first kappa shape index (κ1) is 17.8. The first-order valence-corrected chi connectivity index (χ1v) is 8.27. The number of aryl methyl sites for hydroxylation is 1. The van der Waals surface area contributed by atoms with Crippen LogP contribution in [-0.2, 0) is 6.54 Å². The summed E-state index contributed by atoms with van der Waals surface area (Å²) in [5.41, 5.74) is 2.94. The van der Waals surface area contributed by atoms with Gasteiger partial charge >= 0.3 is 0 Å². The smallest absolute Gasteiger partial charge is 0.254 e. The SMILES string of the molecule is Cc1cc(Cl)ccc1Nc1ncc(C(=O)NCc2ccc(F)cc2)cn1. The Kier molecular flexibility index (Phi) is 5.43. The van der Waals surface area contributed by atoms with Gasteiger partial charge < -0.3 is 10.6 Å². The lowest BCUT2D eigenvalue weighted by Gasteiger charge is -2.09. The van der Waals surface area contributed by atoms with Crippen LogP contribution in [0, 0.1) is 12.7 Å². The molecule has 2 N–H and O–H groups in total. The van der Waals surface area contributed by atoms with Gasteiger partial charge in [0.1, 0.15) is 5.82 Å². The average Bonchev–Trinajstić information content (AvgIpc) is 2.64. The lowest BCUT2D eigenvalue weighted by Crippen LogP contribution is -2.23. The maximum absolute atomic E-state index is 12.9. The zero-order chi connectivity index (χ0) is 18.5. The fraction of sp³-hybridized carbons (Fsp3) is 0.105. The van der Waals surface area contributed by atoms with Gasteiger partial charge in [0.15, 0.2) is 0 Å². The van der Waals surface area contributed by atoms with Crippen molar-refractivity contribution in [2.45, 2.75) is 13.5 Å². The molecule has 0 spiro atoms. The zero-order valence-electron chi connectivity index (χ0n) is 14.0. The number of benzene rings is 2. The number of carbonyl (C=O) groups excluding carboxylic acids is 1. The molecular weight excluding hydrogens is 355 g/mol. The van der Waals surface area contributed by atoms with Gasteiger partial charge in [0, 0.05) is 29.6 Å². The summed E-state index contributed by atoms with van der Waals surface area (Å²) in [6.45, 7) is 2.22. The first-order chi connectivity index (χ1) is 12.5. The van der Waals surface area contributed by atoms with Gasteiger partial charge in [0.05, 0.1) is 5.56 Å². The van der Waals surface area contributed by atoms with Crippen LogP contribution in [0.4, 0.5) is 16.0 Å². The molecule has 0 saturated carbocycles. The maximum Gasteiger partial charge on any atom is 0.254 e. The molecule has 1 amide bonds. The van der Waals surface area contributed by atoms with Gasteiger partial charge in [-0.15, -0.1) is 0 Å². The highest BCUT2D eigenvalue weighted by Gasteiger charge is 2.08. The Morgan fingerprint density at radius 1 is 1.12 bits per heavy atom. The third-order valence-electron chi connectivity index (χ3n) is 3.72. The molecule has 3 aromatic rings. The van der Waals surface area contributed by atoms with E-state index in [2.05, 4.69) is 20.6 Å². The Labute approximate surface area is 155 Å². The van der Waals surface area contributed by atoms with Crippen LogP contribution in [0.25, 0.3) is 0 Å². The molecule has 0 aliphatic carbocycles. The van der Waals surface area contributed by atoms with E-state index in [-0.39, 0.29) is 11.7 Å². The quantitative estimate of drug-likeness (QED) is 0.704. The van der Waals surface area contributed by atoms with Gasteiger partial charge in [0.2, 0.25) is 5.95 Å². The Hall–Kier alpha value is -2.99. The molecule has 0 atom stereocenters. The summed E-state index contributed by atoms with van der Waals surface area (Å²) in [7, 11) is 0. The van der Waals surface area contributed by atoms with Crippen molar-refractivity contribution in [1.82, 2.24) is 15.3 Å². The van der Waals surface area contributed by atoms with E-state index in [1.165, 1.54) is 24.5 Å². The number of hydrogen-bond acceptors (Lipinski definition) is 4. The summed E-state index contributed by atoms with van der Waals surface area (Å²) in [5, 5.41) is 6.48. The molecule has 132 valence electrons. The van der Waals surface area contributed by atoms with E-state index in [1.807, 2.05) is 19.1 Å². The summed E-state index contributed by atoms with van der Waals surface area (Å²) in [4.78, 5) is 20.5. The number of carbonyl (C=O) groups is 1. The molecular formula is C19H16ClFN4O. The number of rotatable bonds is 5. The van der Waals surface area contributed by atoms with E-state index in [9.17, 15) is 9.18 Å². The molecule has 7 heteroatoms. The van der Waals surface area contributed by atoms with Gasteiger partial charge in [-0.05, 0) is 48.4 Å². The van der Waals surface area contributed by atoms with Crippen molar-refractivity contribution in [3.8, 4) is 0 Å². The topological polar surface area (TPSA) is 66.9 Å². The van der Waals surface area contributed by atoms with Gasteiger partial charge in [0.25, 0.3) is 5.91 Å². The van der Waals surface area contributed by atoms with E-state index < -0.39 is 0 Å². The number of hydrogen-bond donors (Lipinski definition) is 2. The highest BCUT2D eigenvalue weighted by molar-refractivity contribution is 6.30. The standard InChI is InChI=1S/C19H16ClFN4O/c1-12-8-15(20)4-7-17(12)25-19-23-10-14(11-24-19)18(26)22-9-13-2-5-16(21)6-3-13/h2-8,10-11H,9H2,1H3,(H,22,26)(H,23,24,25). The van der Waals surface area contributed by atoms with E-state index in [0.717, 1.165) is 16.8 Å². The van der Waals surface area contributed by atoms with Crippen LogP contribution in [0.3, 0.4) is 0 Å². The highest BCUT2D eigenvalue weighted by Crippen LogP contribution is 2.21. The number of aromatic nitrogens is 2. The molecule has 1 heterocycles. The molecule has 0 bridgehead atoms. The van der Waals surface area contributed by atoms with Crippen molar-refractivity contribution in [1.29, 1.82) is 0 Å². The van der Waals surface area contributed by atoms with Gasteiger partial charge in [-0.3, -0.25) is 4.79 Å². The molecule has 0 fully saturated rings. The number of nitrogens with zero attached hydrogens (tertiary/aromatic N) is 2. The van der Waals surface area contributed by atoms with Crippen LogP contribution in [0.1, 0.15) is 21.5 Å². The second kappa shape index (κ2) is 7.93. The molecule has 0 unspecified atom stereocenters. The van der Waals surface area contributed by atoms with Crippen molar-refractivity contribution < 1.29 is 9.18 Å². The molecule has 3 rings (SSSR count). The van der Waals surface area contributed by atoms with E-state index >= 15 is 0 Å². The van der Waals surface area contributed by atoms with Crippen molar-refractivity contribution in [3.63, 3.8) is 0 Å². The summed E-state index contributed by atoms with van der Waals surface area (Å²) < 4.78 is 12.9. The lowest BCUT2D eigenvalue weighted by atomic mass is 10.2. The Bertz CT molecular complexity index is 914. The molecule has 1 aromatic heterocycles. The van der Waals surface area contributed by atoms with E-state index in [1.54, 1.807) is 18.2 Å². The summed E-state index contributed by atoms with van der Waals surface area (Å²) >= 11 is 5.94. The Morgan fingerprint density at radius 3 is 2.46 bits per heavy atom. The van der Waals surface area contributed by atoms with E-state index in [0.29, 0.717) is 23.1 Å². The van der Waals surface area contributed by atoms with Crippen molar-refractivity contribution in [3.05, 3.63) is 82.4 Å². The predicted molar refractivity (Wildman–Crippen MR) is 99.1 cm³/mol. The van der Waals surface area contributed by atoms with Gasteiger partial charge in [-0.25, -0.2) is 14.4 Å². The third-order valence-corrected chi connectivity index (χ3v) is 3.95. The normalized spacial score (nSPS) is 10.4. The molecule has 0 radical (unpaired) electrons. The van der Waals surface area contributed by atoms with Crippen LogP contribution in [0.5, 0.6) is 0 Å². The van der Waals surface area contributed by atoms with Crippen LogP contribution in [-0.4, -0.2) is 15.9 Å². The number of anilines is 2. The van der Waals surface area contributed by atoms with Gasteiger partial charge in [-0.2, -0.15) is 0 Å². The molecule has 2 aromatic carbocycles. The minimum absolute atomic E-state index is 0.295. The minimum atomic E-state index is -0.313. The van der Waals surface area contributed by atoms with Crippen molar-refractivity contribution in [2.75, 3.05) is 5.32 Å². The predicted octanol–water partition coefficient (Wildman–Crippen LogP) is 4.25. The monoisotopic (exact) mass is 370 g/mol. The van der Waals surface area contributed by atoms with Crippen LogP contribution in [0.2, 0.25) is 5.02 Å². The minimum Gasteiger partial charge on any atom is -0.348 e. The van der Waals surface area contributed by atoms with Crippen LogP contribution >= 0.6 is 11.6 Å². The summed E-state index contributed by atoms with van der Waals surface area (Å²) in [5.74, 6) is -0.235. The lowest BCUT2D eigenvalue weighted by molar-refractivity contribution is 0.0950. The third kappa shape index (κ3) is 4.55. The molecule has 0 aliphatic rings. The molecule has 5 nitrogen and oxygen atoms in total. The fourth-order valence-corrected chi connectivity index (χ4v) is 2.51. The number of halogens is 2. The van der Waals surface area contributed by atoms with Crippen molar-refractivity contribution in [2.24, 2.45) is 0 Å². The molecule has 0 aliphatic heterocycles. The zero-order valence-corrected chi connectivity index (χ0v) is 14.7. The maximum atomic E-state index is 12.9. The van der Waals surface area contributed by atoms with Crippen LogP contribution < -0.4 is 10.6 Å². The molecule has 26 heavy (non-hydrogen) atoms. The summed E-state index contributed by atoms with van der Waals surface area (Å²) in [6, 6.07) is 11.4. The number of nitrogens with one attached hydrogen (secondary N) is 2. The van der Waals surface area contributed by atoms with Crippen molar-refractivity contribution >= 4 is 29.1 Å². The van der Waals surface area contributed by atoms with E-state index in [4.69, 9.17) is 11.6 Å².